The molecule has 3 aromatic rings. The van der Waals surface area contributed by atoms with Crippen molar-refractivity contribution in [2.24, 2.45) is 5.92 Å². The number of phenols is 1. The number of amides is 3. The molecule has 208 valence electrons. The van der Waals surface area contributed by atoms with Gasteiger partial charge in [-0.3, -0.25) is 9.59 Å². The number of fused-ring (bicyclic) bond motifs is 1. The first-order valence-electron chi connectivity index (χ1n) is 13.3. The number of para-hydroxylation sites is 1. The number of nitrogens with one attached hydrogen (secondary N) is 2. The van der Waals surface area contributed by atoms with Crippen molar-refractivity contribution in [3.63, 3.8) is 0 Å². The van der Waals surface area contributed by atoms with Crippen molar-refractivity contribution in [3.8, 4) is 5.75 Å². The molecule has 2 atom stereocenters. The second kappa shape index (κ2) is 12.7. The molecule has 3 rings (SSSR count). The maximum absolute atomic E-state index is 14.0. The van der Waals surface area contributed by atoms with Crippen molar-refractivity contribution in [1.29, 1.82) is 0 Å². The Balaban J connectivity index is 2.00. The summed E-state index contributed by atoms with van der Waals surface area (Å²) in [5, 5.41) is 18.4. The first-order valence-corrected chi connectivity index (χ1v) is 13.3. The van der Waals surface area contributed by atoms with Crippen molar-refractivity contribution < 1.29 is 24.2 Å². The summed E-state index contributed by atoms with van der Waals surface area (Å²) in [6.45, 7) is 11.0. The van der Waals surface area contributed by atoms with Gasteiger partial charge in [-0.25, -0.2) is 4.79 Å². The SMILES string of the molecule is CCCN(C(=O)C(NC(=O)OC(C)(C)C)C(C)C)C(C(=O)Nc1ccc2ccccc2c1)c1ccccc1O. The van der Waals surface area contributed by atoms with Crippen molar-refractivity contribution in [3.05, 3.63) is 72.3 Å². The molecule has 3 N–H and O–H groups in total. The molecule has 39 heavy (non-hydrogen) atoms. The van der Waals surface area contributed by atoms with Gasteiger partial charge in [-0.2, -0.15) is 0 Å². The lowest BCUT2D eigenvalue weighted by atomic mass is 9.98. The molecule has 2 unspecified atom stereocenters. The molecule has 8 nitrogen and oxygen atoms in total. The van der Waals surface area contributed by atoms with E-state index >= 15 is 0 Å². The third kappa shape index (κ3) is 7.72. The number of benzene rings is 3. The van der Waals surface area contributed by atoms with Gasteiger partial charge in [0.2, 0.25) is 5.91 Å². The maximum atomic E-state index is 14.0. The van der Waals surface area contributed by atoms with Gasteiger partial charge in [-0.1, -0.05) is 69.3 Å². The van der Waals surface area contributed by atoms with Crippen LogP contribution in [0.25, 0.3) is 10.8 Å². The Morgan fingerprint density at radius 3 is 2.21 bits per heavy atom. The Labute approximate surface area is 230 Å². The number of rotatable bonds is 9. The van der Waals surface area contributed by atoms with E-state index in [1.54, 1.807) is 45.0 Å². The number of hydrogen-bond donors (Lipinski definition) is 3. The standard InChI is InChI=1S/C31H39N3O5/c1-7-18-34(29(37)26(20(2)3)33-30(38)39-31(4,5)6)27(24-14-10-11-15-25(24)35)28(36)32-23-17-16-21-12-8-9-13-22(21)19-23/h8-17,19-20,26-27,35H,7,18H2,1-6H3,(H,32,36)(H,33,38). The largest absolute Gasteiger partial charge is 0.508 e. The fourth-order valence-corrected chi connectivity index (χ4v) is 4.38. The topological polar surface area (TPSA) is 108 Å². The third-order valence-electron chi connectivity index (χ3n) is 6.16. The smallest absolute Gasteiger partial charge is 0.408 e. The maximum Gasteiger partial charge on any atom is 0.408 e. The fraction of sp³-hybridized carbons (Fsp3) is 0.387. The van der Waals surface area contributed by atoms with Crippen LogP contribution in [-0.4, -0.2) is 46.1 Å². The van der Waals surface area contributed by atoms with E-state index in [1.165, 1.54) is 11.0 Å². The van der Waals surface area contributed by atoms with Gasteiger partial charge in [0.1, 0.15) is 23.4 Å². The molecule has 3 amide bonds. The lowest BCUT2D eigenvalue weighted by molar-refractivity contribution is -0.141. The fourth-order valence-electron chi connectivity index (χ4n) is 4.38. The van der Waals surface area contributed by atoms with E-state index in [2.05, 4.69) is 10.6 Å². The number of nitrogens with zero attached hydrogens (tertiary/aromatic N) is 1. The van der Waals surface area contributed by atoms with Crippen LogP contribution in [0.5, 0.6) is 5.75 Å². The molecule has 0 aromatic heterocycles. The molecule has 0 aliphatic carbocycles. The van der Waals surface area contributed by atoms with Gasteiger partial charge < -0.3 is 25.4 Å². The van der Waals surface area contributed by atoms with E-state index < -0.39 is 35.6 Å². The van der Waals surface area contributed by atoms with E-state index in [4.69, 9.17) is 4.74 Å². The minimum absolute atomic E-state index is 0.105. The Kier molecular flexibility index (Phi) is 9.56. The van der Waals surface area contributed by atoms with Crippen LogP contribution in [0.15, 0.2) is 66.7 Å². The van der Waals surface area contributed by atoms with Crippen LogP contribution in [-0.2, 0) is 14.3 Å². The quantitative estimate of drug-likeness (QED) is 0.312. The lowest BCUT2D eigenvalue weighted by Crippen LogP contribution is -2.54. The van der Waals surface area contributed by atoms with E-state index in [-0.39, 0.29) is 23.8 Å². The van der Waals surface area contributed by atoms with Gasteiger partial charge in [0.05, 0.1) is 0 Å². The van der Waals surface area contributed by atoms with Gasteiger partial charge >= 0.3 is 6.09 Å². The summed E-state index contributed by atoms with van der Waals surface area (Å²) in [7, 11) is 0. The van der Waals surface area contributed by atoms with E-state index in [0.717, 1.165) is 10.8 Å². The van der Waals surface area contributed by atoms with Gasteiger partial charge in [0, 0.05) is 17.8 Å². The molecule has 0 saturated heterocycles. The van der Waals surface area contributed by atoms with Gasteiger partial charge in [0.15, 0.2) is 0 Å². The zero-order valence-electron chi connectivity index (χ0n) is 23.5. The van der Waals surface area contributed by atoms with Gasteiger partial charge in [0.25, 0.3) is 5.91 Å². The highest BCUT2D eigenvalue weighted by atomic mass is 16.6. The van der Waals surface area contributed by atoms with E-state index in [1.807, 2.05) is 57.2 Å². The minimum atomic E-state index is -1.15. The summed E-state index contributed by atoms with van der Waals surface area (Å²) in [4.78, 5) is 42.0. The lowest BCUT2D eigenvalue weighted by Gasteiger charge is -2.35. The van der Waals surface area contributed by atoms with Crippen molar-refractivity contribution in [2.45, 2.75) is 65.6 Å². The van der Waals surface area contributed by atoms with Crippen LogP contribution in [0, 0.1) is 5.92 Å². The van der Waals surface area contributed by atoms with Crippen LogP contribution in [0.4, 0.5) is 10.5 Å². The highest BCUT2D eigenvalue weighted by molar-refractivity contribution is 6.00. The molecule has 0 bridgehead atoms. The molecule has 8 heteroatoms. The Morgan fingerprint density at radius 2 is 1.59 bits per heavy atom. The molecule has 0 radical (unpaired) electrons. The number of aromatic hydroxyl groups is 1. The number of anilines is 1. The normalized spacial score (nSPS) is 13.0. The number of hydrogen-bond acceptors (Lipinski definition) is 5. The van der Waals surface area contributed by atoms with Crippen molar-refractivity contribution in [1.82, 2.24) is 10.2 Å². The highest BCUT2D eigenvalue weighted by Crippen LogP contribution is 2.32. The second-order valence-electron chi connectivity index (χ2n) is 10.9. The number of phenolic OH excluding ortho intramolecular Hbond substituents is 1. The summed E-state index contributed by atoms with van der Waals surface area (Å²) in [5.74, 6) is -1.32. The summed E-state index contributed by atoms with van der Waals surface area (Å²) in [5.41, 5.74) is 0.114. The third-order valence-corrected chi connectivity index (χ3v) is 6.16. The van der Waals surface area contributed by atoms with Crippen LogP contribution in [0.1, 0.15) is 59.6 Å². The number of carbonyl (C=O) groups excluding carboxylic acids is 3. The van der Waals surface area contributed by atoms with E-state index in [9.17, 15) is 19.5 Å². The van der Waals surface area contributed by atoms with Gasteiger partial charge in [-0.05, 0) is 62.1 Å². The first kappa shape index (κ1) is 29.5. The zero-order chi connectivity index (χ0) is 28.7. The molecule has 0 aliphatic heterocycles. The summed E-state index contributed by atoms with van der Waals surface area (Å²) in [6, 6.07) is 17.8. The molecule has 0 aliphatic rings. The van der Waals surface area contributed by atoms with Crippen LogP contribution >= 0.6 is 0 Å². The Morgan fingerprint density at radius 1 is 0.949 bits per heavy atom. The number of carbonyl (C=O) groups is 3. The molecule has 0 fully saturated rings. The molecular weight excluding hydrogens is 494 g/mol. The molecule has 0 spiro atoms. The molecular formula is C31H39N3O5. The highest BCUT2D eigenvalue weighted by Gasteiger charge is 2.38. The van der Waals surface area contributed by atoms with Gasteiger partial charge in [-0.15, -0.1) is 0 Å². The zero-order valence-corrected chi connectivity index (χ0v) is 23.5. The molecule has 3 aromatic carbocycles. The molecule has 0 saturated carbocycles. The minimum Gasteiger partial charge on any atom is -0.508 e. The molecule has 0 heterocycles. The van der Waals surface area contributed by atoms with Crippen LogP contribution < -0.4 is 10.6 Å². The van der Waals surface area contributed by atoms with Crippen LogP contribution in [0.2, 0.25) is 0 Å². The van der Waals surface area contributed by atoms with Crippen molar-refractivity contribution >= 4 is 34.4 Å². The van der Waals surface area contributed by atoms with Crippen LogP contribution in [0.3, 0.4) is 0 Å². The Hall–Kier alpha value is -4.07. The Bertz CT molecular complexity index is 1310. The summed E-state index contributed by atoms with van der Waals surface area (Å²) < 4.78 is 5.39. The average Bonchev–Trinajstić information content (AvgIpc) is 2.86. The first-order chi connectivity index (χ1) is 18.4. The number of ether oxygens (including phenoxy) is 1. The predicted octanol–water partition coefficient (Wildman–Crippen LogP) is 6.01. The summed E-state index contributed by atoms with van der Waals surface area (Å²) in [6.07, 6.45) is -0.165. The summed E-state index contributed by atoms with van der Waals surface area (Å²) >= 11 is 0. The second-order valence-corrected chi connectivity index (χ2v) is 10.9. The average molecular weight is 534 g/mol. The predicted molar refractivity (Wildman–Crippen MR) is 153 cm³/mol. The number of alkyl carbamates (subject to hydrolysis) is 1. The monoisotopic (exact) mass is 533 g/mol. The van der Waals surface area contributed by atoms with Crippen molar-refractivity contribution in [2.75, 3.05) is 11.9 Å². The van der Waals surface area contributed by atoms with E-state index in [0.29, 0.717) is 12.1 Å².